The number of halogens is 6. The predicted octanol–water partition coefficient (Wildman–Crippen LogP) is 4.30. The summed E-state index contributed by atoms with van der Waals surface area (Å²) in [5.74, 6) is -2.08. The second kappa shape index (κ2) is 8.66. The highest BCUT2D eigenvalue weighted by molar-refractivity contribution is 5.93. The quantitative estimate of drug-likeness (QED) is 0.532. The van der Waals surface area contributed by atoms with Gasteiger partial charge >= 0.3 is 12.8 Å². The molecule has 164 valence electrons. The minimum Gasteiger partial charge on any atom is -0.435 e. The van der Waals surface area contributed by atoms with Gasteiger partial charge < -0.3 is 9.64 Å². The second-order valence-electron chi connectivity index (χ2n) is 6.36. The molecule has 0 saturated carbocycles. The summed E-state index contributed by atoms with van der Waals surface area (Å²) in [6.07, 6.45) is -5.02. The number of benzene rings is 2. The molecule has 0 aliphatic heterocycles. The summed E-state index contributed by atoms with van der Waals surface area (Å²) in [5, 5.41) is 6.74. The van der Waals surface area contributed by atoms with Crippen molar-refractivity contribution in [1.29, 1.82) is 0 Å². The van der Waals surface area contributed by atoms with Crippen LogP contribution in [0.2, 0.25) is 0 Å². The first-order chi connectivity index (χ1) is 14.6. The van der Waals surface area contributed by atoms with E-state index in [1.54, 1.807) is 0 Å². The Labute approximate surface area is 171 Å². The Balaban J connectivity index is 1.91. The Morgan fingerprint density at radius 2 is 1.87 bits per heavy atom. The molecule has 3 rings (SSSR count). The van der Waals surface area contributed by atoms with Gasteiger partial charge in [0, 0.05) is 13.6 Å². The van der Waals surface area contributed by atoms with Crippen LogP contribution in [-0.4, -0.2) is 39.5 Å². The van der Waals surface area contributed by atoms with E-state index in [1.807, 2.05) is 0 Å². The summed E-state index contributed by atoms with van der Waals surface area (Å²) in [7, 11) is 1.21. The molecule has 6 nitrogen and oxygen atoms in total. The number of alkyl halides is 5. The molecule has 0 aliphatic rings. The zero-order valence-electron chi connectivity index (χ0n) is 15.8. The molecular formula is C19H14F6N4O2. The van der Waals surface area contributed by atoms with Gasteiger partial charge in [0.15, 0.2) is 11.4 Å². The fraction of sp³-hybridized carbons (Fsp3) is 0.211. The summed E-state index contributed by atoms with van der Waals surface area (Å²) < 4.78 is 83.9. The van der Waals surface area contributed by atoms with Gasteiger partial charge in [-0.3, -0.25) is 4.79 Å². The van der Waals surface area contributed by atoms with Crippen molar-refractivity contribution in [2.45, 2.75) is 19.3 Å². The Morgan fingerprint density at radius 1 is 1.16 bits per heavy atom. The van der Waals surface area contributed by atoms with E-state index in [-0.39, 0.29) is 18.0 Å². The molecule has 0 saturated heterocycles. The van der Waals surface area contributed by atoms with E-state index in [0.717, 1.165) is 17.0 Å². The molecular weight excluding hydrogens is 430 g/mol. The van der Waals surface area contributed by atoms with Gasteiger partial charge in [0.2, 0.25) is 0 Å². The topological polar surface area (TPSA) is 60.2 Å². The van der Waals surface area contributed by atoms with Crippen molar-refractivity contribution >= 4 is 5.91 Å². The van der Waals surface area contributed by atoms with Crippen LogP contribution in [0.1, 0.15) is 21.7 Å². The number of amides is 1. The van der Waals surface area contributed by atoms with Gasteiger partial charge in [-0.25, -0.2) is 9.07 Å². The SMILES string of the molecule is CN(Cc1cccc(OC(F)F)c1)C(=O)c1nnn(-c2cccc(F)c2)c1C(F)(F)F. The van der Waals surface area contributed by atoms with E-state index in [9.17, 15) is 31.1 Å². The molecule has 3 aromatic rings. The van der Waals surface area contributed by atoms with E-state index in [2.05, 4.69) is 15.0 Å². The van der Waals surface area contributed by atoms with Gasteiger partial charge in [0.05, 0.1) is 5.69 Å². The van der Waals surface area contributed by atoms with Gasteiger partial charge in [-0.05, 0) is 35.9 Å². The summed E-state index contributed by atoms with van der Waals surface area (Å²) in [6, 6.07) is 9.60. The van der Waals surface area contributed by atoms with E-state index in [4.69, 9.17) is 0 Å². The highest BCUT2D eigenvalue weighted by Crippen LogP contribution is 2.33. The number of hydrogen-bond acceptors (Lipinski definition) is 4. The molecule has 0 unspecified atom stereocenters. The van der Waals surface area contributed by atoms with Crippen molar-refractivity contribution in [1.82, 2.24) is 19.9 Å². The van der Waals surface area contributed by atoms with Gasteiger partial charge in [-0.1, -0.05) is 23.4 Å². The van der Waals surface area contributed by atoms with Crippen molar-refractivity contribution < 1.29 is 35.9 Å². The van der Waals surface area contributed by atoms with Crippen LogP contribution in [-0.2, 0) is 12.7 Å². The molecule has 0 bridgehead atoms. The van der Waals surface area contributed by atoms with E-state index in [1.165, 1.54) is 43.4 Å². The maximum absolute atomic E-state index is 13.7. The van der Waals surface area contributed by atoms with E-state index in [0.29, 0.717) is 10.2 Å². The number of ether oxygens (including phenoxy) is 1. The molecule has 1 amide bonds. The number of nitrogens with zero attached hydrogens (tertiary/aromatic N) is 4. The molecule has 1 heterocycles. The van der Waals surface area contributed by atoms with Crippen molar-refractivity contribution in [2.75, 3.05) is 7.05 Å². The lowest BCUT2D eigenvalue weighted by molar-refractivity contribution is -0.143. The maximum atomic E-state index is 13.7. The Hall–Kier alpha value is -3.57. The lowest BCUT2D eigenvalue weighted by Gasteiger charge is -2.18. The molecule has 12 heteroatoms. The van der Waals surface area contributed by atoms with Crippen LogP contribution in [0, 0.1) is 5.82 Å². The van der Waals surface area contributed by atoms with Gasteiger partial charge in [-0.15, -0.1) is 5.10 Å². The van der Waals surface area contributed by atoms with Crippen LogP contribution in [0.25, 0.3) is 5.69 Å². The van der Waals surface area contributed by atoms with Crippen LogP contribution in [0.4, 0.5) is 26.3 Å². The number of carbonyl (C=O) groups is 1. The van der Waals surface area contributed by atoms with Crippen LogP contribution in [0.5, 0.6) is 5.75 Å². The first-order valence-electron chi connectivity index (χ1n) is 8.64. The van der Waals surface area contributed by atoms with Gasteiger partial charge in [0.25, 0.3) is 5.91 Å². The monoisotopic (exact) mass is 444 g/mol. The lowest BCUT2D eigenvalue weighted by Crippen LogP contribution is -2.29. The summed E-state index contributed by atoms with van der Waals surface area (Å²) >= 11 is 0. The molecule has 0 fully saturated rings. The number of aromatic nitrogens is 3. The first-order valence-corrected chi connectivity index (χ1v) is 8.64. The summed E-state index contributed by atoms with van der Waals surface area (Å²) in [6.45, 7) is -3.27. The number of hydrogen-bond donors (Lipinski definition) is 0. The van der Waals surface area contributed by atoms with Crippen LogP contribution >= 0.6 is 0 Å². The zero-order valence-corrected chi connectivity index (χ0v) is 15.8. The van der Waals surface area contributed by atoms with Gasteiger partial charge in [0.1, 0.15) is 11.6 Å². The highest BCUT2D eigenvalue weighted by Gasteiger charge is 2.42. The fourth-order valence-electron chi connectivity index (χ4n) is 2.82. The third kappa shape index (κ3) is 5.13. The predicted molar refractivity (Wildman–Crippen MR) is 95.2 cm³/mol. The molecule has 2 aromatic carbocycles. The second-order valence-corrected chi connectivity index (χ2v) is 6.36. The molecule has 0 radical (unpaired) electrons. The van der Waals surface area contributed by atoms with Crippen LogP contribution in [0.15, 0.2) is 48.5 Å². The largest absolute Gasteiger partial charge is 0.435 e. The Morgan fingerprint density at radius 3 is 2.52 bits per heavy atom. The molecule has 0 atom stereocenters. The Kier molecular flexibility index (Phi) is 6.18. The molecule has 0 spiro atoms. The van der Waals surface area contributed by atoms with Crippen molar-refractivity contribution in [3.8, 4) is 11.4 Å². The molecule has 1 aromatic heterocycles. The average Bonchev–Trinajstić information content (AvgIpc) is 3.13. The van der Waals surface area contributed by atoms with Gasteiger partial charge in [-0.2, -0.15) is 22.0 Å². The smallest absolute Gasteiger partial charge is 0.435 e. The number of rotatable bonds is 6. The van der Waals surface area contributed by atoms with Crippen molar-refractivity contribution in [3.63, 3.8) is 0 Å². The normalized spacial score (nSPS) is 11.6. The minimum atomic E-state index is -5.02. The van der Waals surface area contributed by atoms with E-state index >= 15 is 0 Å². The molecule has 0 N–H and O–H groups in total. The standard InChI is InChI=1S/C19H14F6N4O2/c1-28(10-11-4-2-7-14(8-11)31-18(21)22)17(30)15-16(19(23,24)25)29(27-26-15)13-6-3-5-12(20)9-13/h2-9,18H,10H2,1H3. The third-order valence-electron chi connectivity index (χ3n) is 4.08. The molecule has 0 aliphatic carbocycles. The fourth-order valence-corrected chi connectivity index (χ4v) is 2.82. The van der Waals surface area contributed by atoms with Crippen molar-refractivity contribution in [3.05, 3.63) is 71.3 Å². The zero-order chi connectivity index (χ0) is 22.8. The summed E-state index contributed by atoms with van der Waals surface area (Å²) in [4.78, 5) is 13.6. The molecule has 31 heavy (non-hydrogen) atoms. The van der Waals surface area contributed by atoms with Crippen molar-refractivity contribution in [2.24, 2.45) is 0 Å². The highest BCUT2D eigenvalue weighted by atomic mass is 19.4. The first kappa shape index (κ1) is 22.1. The third-order valence-corrected chi connectivity index (χ3v) is 4.08. The summed E-state index contributed by atoms with van der Waals surface area (Å²) in [5.41, 5.74) is -2.39. The minimum absolute atomic E-state index is 0.165. The Bertz CT molecular complexity index is 1080. The van der Waals surface area contributed by atoms with Crippen LogP contribution in [0.3, 0.4) is 0 Å². The van der Waals surface area contributed by atoms with E-state index < -0.39 is 35.9 Å². The maximum Gasteiger partial charge on any atom is 0.435 e. The number of carbonyl (C=O) groups excluding carboxylic acids is 1. The average molecular weight is 444 g/mol. The van der Waals surface area contributed by atoms with Crippen LogP contribution < -0.4 is 4.74 Å². The lowest BCUT2D eigenvalue weighted by atomic mass is 10.2.